The van der Waals surface area contributed by atoms with E-state index in [4.69, 9.17) is 5.11 Å². The Morgan fingerprint density at radius 3 is 2.50 bits per heavy atom. The van der Waals surface area contributed by atoms with Crippen molar-refractivity contribution >= 4 is 17.6 Å². The molecule has 0 aromatic rings. The molecule has 0 aliphatic heterocycles. The minimum atomic E-state index is -1.10. The van der Waals surface area contributed by atoms with Crippen molar-refractivity contribution in [3.8, 4) is 0 Å². The first-order valence-electron chi connectivity index (χ1n) is 1.86. The Bertz CT molecular complexity index is 117. The van der Waals surface area contributed by atoms with Gasteiger partial charge in [-0.05, 0) is 6.08 Å². The number of carboxylic acid groups (broad SMARTS) is 1. The maximum atomic E-state index is 11.4. The number of carbonyl (C=O) groups is 1. The SMILES string of the molecule is O=C(O)C/C=C(\F)Cl. The summed E-state index contributed by atoms with van der Waals surface area (Å²) in [7, 11) is 0. The third-order valence-electron chi connectivity index (χ3n) is 0.431. The summed E-state index contributed by atoms with van der Waals surface area (Å²) in [4.78, 5) is 9.63. The molecule has 8 heavy (non-hydrogen) atoms. The van der Waals surface area contributed by atoms with Crippen molar-refractivity contribution in [1.82, 2.24) is 0 Å². The molecule has 0 aliphatic carbocycles. The molecular formula is C4H4ClFO2. The molecule has 4 heteroatoms. The van der Waals surface area contributed by atoms with Crippen LogP contribution in [0.3, 0.4) is 0 Å². The van der Waals surface area contributed by atoms with Crippen molar-refractivity contribution in [3.05, 3.63) is 11.4 Å². The van der Waals surface area contributed by atoms with E-state index in [1.807, 2.05) is 0 Å². The van der Waals surface area contributed by atoms with Gasteiger partial charge in [0.2, 0.25) is 0 Å². The van der Waals surface area contributed by atoms with Crippen LogP contribution in [0.2, 0.25) is 0 Å². The highest BCUT2D eigenvalue weighted by molar-refractivity contribution is 6.28. The van der Waals surface area contributed by atoms with Crippen LogP contribution in [0.25, 0.3) is 0 Å². The fourth-order valence-electron chi connectivity index (χ4n) is 0.164. The molecule has 0 aliphatic rings. The molecule has 0 unspecified atom stereocenters. The van der Waals surface area contributed by atoms with E-state index in [9.17, 15) is 9.18 Å². The summed E-state index contributed by atoms with van der Waals surface area (Å²) in [6, 6.07) is 0. The molecule has 0 atom stereocenters. The molecule has 0 heterocycles. The number of hydrogen-bond donors (Lipinski definition) is 1. The maximum absolute atomic E-state index is 11.4. The normalized spacial score (nSPS) is 11.5. The summed E-state index contributed by atoms with van der Waals surface area (Å²) in [6.45, 7) is 0. The Morgan fingerprint density at radius 2 is 2.38 bits per heavy atom. The van der Waals surface area contributed by atoms with Gasteiger partial charge in [-0.15, -0.1) is 0 Å². The topological polar surface area (TPSA) is 37.3 Å². The zero-order chi connectivity index (χ0) is 6.57. The minimum absolute atomic E-state index is 0.366. The zero-order valence-electron chi connectivity index (χ0n) is 3.90. The summed E-state index contributed by atoms with van der Waals surface area (Å²) >= 11 is 4.65. The number of aliphatic carboxylic acids is 1. The van der Waals surface area contributed by atoms with Crippen LogP contribution in [0.4, 0.5) is 4.39 Å². The number of halogens is 2. The zero-order valence-corrected chi connectivity index (χ0v) is 4.65. The Morgan fingerprint density at radius 1 is 1.88 bits per heavy atom. The number of hydrogen-bond acceptors (Lipinski definition) is 1. The summed E-state index contributed by atoms with van der Waals surface area (Å²) in [5.41, 5.74) is 0. The van der Waals surface area contributed by atoms with Crippen molar-refractivity contribution in [2.24, 2.45) is 0 Å². The van der Waals surface area contributed by atoms with Crippen molar-refractivity contribution < 1.29 is 14.3 Å². The van der Waals surface area contributed by atoms with Gasteiger partial charge in [-0.1, -0.05) is 11.6 Å². The second-order valence-electron chi connectivity index (χ2n) is 1.09. The molecule has 46 valence electrons. The average molecular weight is 139 g/mol. The fourth-order valence-corrected chi connectivity index (χ4v) is 0.242. The third-order valence-corrected chi connectivity index (χ3v) is 0.585. The highest BCUT2D eigenvalue weighted by Gasteiger charge is 1.91. The predicted octanol–water partition coefficient (Wildman–Crippen LogP) is 1.51. The molecule has 1 N–H and O–H groups in total. The monoisotopic (exact) mass is 138 g/mol. The van der Waals surface area contributed by atoms with E-state index in [1.54, 1.807) is 0 Å². The van der Waals surface area contributed by atoms with Gasteiger partial charge in [0.1, 0.15) is 0 Å². The molecular weight excluding hydrogens is 134 g/mol. The van der Waals surface area contributed by atoms with Gasteiger partial charge in [-0.2, -0.15) is 4.39 Å². The van der Waals surface area contributed by atoms with Crippen LogP contribution in [0.15, 0.2) is 11.4 Å². The van der Waals surface area contributed by atoms with Crippen molar-refractivity contribution in [2.45, 2.75) is 6.42 Å². The lowest BCUT2D eigenvalue weighted by Gasteiger charge is -1.80. The van der Waals surface area contributed by atoms with Crippen molar-refractivity contribution in [1.29, 1.82) is 0 Å². The van der Waals surface area contributed by atoms with Crippen molar-refractivity contribution in [3.63, 3.8) is 0 Å². The molecule has 0 rings (SSSR count). The van der Waals surface area contributed by atoms with Crippen LogP contribution >= 0.6 is 11.6 Å². The second-order valence-corrected chi connectivity index (χ2v) is 1.45. The lowest BCUT2D eigenvalue weighted by atomic mass is 10.4. The Hall–Kier alpha value is -0.570. The van der Waals surface area contributed by atoms with E-state index in [-0.39, 0.29) is 6.42 Å². The lowest BCUT2D eigenvalue weighted by molar-refractivity contribution is -0.136. The fraction of sp³-hybridized carbons (Fsp3) is 0.250. The van der Waals surface area contributed by atoms with Gasteiger partial charge >= 0.3 is 5.97 Å². The first-order valence-corrected chi connectivity index (χ1v) is 2.23. The van der Waals surface area contributed by atoms with Crippen LogP contribution in [-0.4, -0.2) is 11.1 Å². The molecule has 0 radical (unpaired) electrons. The summed E-state index contributed by atoms with van der Waals surface area (Å²) in [5.74, 6) is -1.10. The molecule has 0 bridgehead atoms. The Labute approximate surface area is 50.6 Å². The van der Waals surface area contributed by atoms with Gasteiger partial charge < -0.3 is 5.11 Å². The highest BCUT2D eigenvalue weighted by atomic mass is 35.5. The summed E-state index contributed by atoms with van der Waals surface area (Å²) in [5, 5.41) is 6.91. The van der Waals surface area contributed by atoms with Gasteiger partial charge in [-0.25, -0.2) is 0 Å². The van der Waals surface area contributed by atoms with E-state index in [2.05, 4.69) is 11.6 Å². The van der Waals surface area contributed by atoms with Crippen LogP contribution in [0.5, 0.6) is 0 Å². The van der Waals surface area contributed by atoms with Gasteiger partial charge in [-0.3, -0.25) is 4.79 Å². The third kappa shape index (κ3) is 5.43. The van der Waals surface area contributed by atoms with Crippen LogP contribution < -0.4 is 0 Å². The van der Waals surface area contributed by atoms with Gasteiger partial charge in [0.05, 0.1) is 6.42 Å². The molecule has 0 saturated carbocycles. The molecule has 2 nitrogen and oxygen atoms in total. The number of carboxylic acids is 1. The molecule has 0 saturated heterocycles. The first kappa shape index (κ1) is 7.43. The molecule has 0 spiro atoms. The lowest BCUT2D eigenvalue weighted by Crippen LogP contribution is -1.89. The highest BCUT2D eigenvalue weighted by Crippen LogP contribution is 2.02. The second kappa shape index (κ2) is 3.43. The van der Waals surface area contributed by atoms with Gasteiger partial charge in [0, 0.05) is 0 Å². The summed E-state index contributed by atoms with van der Waals surface area (Å²) < 4.78 is 11.4. The van der Waals surface area contributed by atoms with Crippen LogP contribution in [0, 0.1) is 0 Å². The first-order chi connectivity index (χ1) is 3.63. The van der Waals surface area contributed by atoms with Crippen LogP contribution in [-0.2, 0) is 4.79 Å². The quantitative estimate of drug-likeness (QED) is 0.628. The van der Waals surface area contributed by atoms with Gasteiger partial charge in [0.15, 0.2) is 5.29 Å². The van der Waals surface area contributed by atoms with Gasteiger partial charge in [0.25, 0.3) is 0 Å². The largest absolute Gasteiger partial charge is 0.481 e. The molecule has 0 amide bonds. The van der Waals surface area contributed by atoms with E-state index < -0.39 is 11.3 Å². The van der Waals surface area contributed by atoms with E-state index in [0.717, 1.165) is 6.08 Å². The van der Waals surface area contributed by atoms with Crippen LogP contribution in [0.1, 0.15) is 6.42 Å². The van der Waals surface area contributed by atoms with Crippen molar-refractivity contribution in [2.75, 3.05) is 0 Å². The van der Waals surface area contributed by atoms with E-state index in [0.29, 0.717) is 0 Å². The predicted molar refractivity (Wildman–Crippen MR) is 27.3 cm³/mol. The summed E-state index contributed by atoms with van der Waals surface area (Å²) in [6.07, 6.45) is 0.416. The smallest absolute Gasteiger partial charge is 0.307 e. The average Bonchev–Trinajstić information content (AvgIpc) is 1.61. The van der Waals surface area contributed by atoms with E-state index in [1.165, 1.54) is 0 Å². The number of rotatable bonds is 2. The standard InChI is InChI=1S/C4H4ClFO2/c5-3(6)1-2-4(7)8/h1H,2H2,(H,7,8)/b3-1-. The molecule has 0 aromatic carbocycles. The Balaban J connectivity index is 3.45. The molecule has 0 aromatic heterocycles. The molecule has 0 fully saturated rings. The Kier molecular flexibility index (Phi) is 3.19. The minimum Gasteiger partial charge on any atom is -0.481 e. The maximum Gasteiger partial charge on any atom is 0.307 e. The van der Waals surface area contributed by atoms with E-state index >= 15 is 0 Å².